The van der Waals surface area contributed by atoms with Gasteiger partial charge in [-0.25, -0.2) is 0 Å². The number of aliphatic hydroxyl groups excluding tert-OH is 1. The van der Waals surface area contributed by atoms with Gasteiger partial charge in [0.15, 0.2) is 0 Å². The highest BCUT2D eigenvalue weighted by atomic mass is 16.5. The van der Waals surface area contributed by atoms with Crippen LogP contribution in [0.3, 0.4) is 0 Å². The lowest BCUT2D eigenvalue weighted by Crippen LogP contribution is -2.44. The average molecular weight is 320 g/mol. The first-order valence-electron chi connectivity index (χ1n) is 7.96. The van der Waals surface area contributed by atoms with Gasteiger partial charge >= 0.3 is 0 Å². The van der Waals surface area contributed by atoms with Crippen molar-refractivity contribution >= 4 is 11.8 Å². The van der Waals surface area contributed by atoms with Gasteiger partial charge in [-0.2, -0.15) is 0 Å². The molecule has 1 aromatic carbocycles. The molecule has 2 amide bonds. The highest BCUT2D eigenvalue weighted by Crippen LogP contribution is 2.12. The maximum absolute atomic E-state index is 12.0. The summed E-state index contributed by atoms with van der Waals surface area (Å²) in [6, 6.07) is 7.68. The van der Waals surface area contributed by atoms with E-state index in [0.717, 1.165) is 24.2 Å². The third kappa shape index (κ3) is 5.25. The predicted molar refractivity (Wildman–Crippen MR) is 86.1 cm³/mol. The van der Waals surface area contributed by atoms with E-state index in [4.69, 9.17) is 4.74 Å². The van der Waals surface area contributed by atoms with Crippen molar-refractivity contribution in [1.29, 1.82) is 0 Å². The second kappa shape index (κ2) is 8.53. The molecule has 0 aromatic heterocycles. The molecule has 1 heterocycles. The molecule has 1 saturated heterocycles. The zero-order valence-corrected chi connectivity index (χ0v) is 13.5. The Bertz CT molecular complexity index is 530. The third-order valence-electron chi connectivity index (χ3n) is 3.98. The lowest BCUT2D eigenvalue weighted by atomic mass is 10.1. The second-order valence-corrected chi connectivity index (χ2v) is 5.72. The van der Waals surface area contributed by atoms with Crippen LogP contribution in [0.5, 0.6) is 5.75 Å². The fourth-order valence-corrected chi connectivity index (χ4v) is 2.61. The van der Waals surface area contributed by atoms with Gasteiger partial charge in [-0.15, -0.1) is 0 Å². The number of hydrogen-bond acceptors (Lipinski definition) is 4. The lowest BCUT2D eigenvalue weighted by molar-refractivity contribution is -0.142. The Kier molecular flexibility index (Phi) is 6.40. The van der Waals surface area contributed by atoms with E-state index >= 15 is 0 Å². The van der Waals surface area contributed by atoms with Crippen LogP contribution in [0.25, 0.3) is 0 Å². The number of ether oxygens (including phenoxy) is 1. The molecular weight excluding hydrogens is 296 g/mol. The van der Waals surface area contributed by atoms with Crippen LogP contribution in [0.1, 0.15) is 24.8 Å². The number of likely N-dealkylation sites (tertiary alicyclic amines) is 1. The largest absolute Gasteiger partial charge is 0.497 e. The average Bonchev–Trinajstić information content (AvgIpc) is 2.71. The molecule has 126 valence electrons. The molecule has 2 N–H and O–H groups in total. The summed E-state index contributed by atoms with van der Waals surface area (Å²) >= 11 is 0. The van der Waals surface area contributed by atoms with Crippen LogP contribution in [0, 0.1) is 0 Å². The molecule has 0 saturated carbocycles. The van der Waals surface area contributed by atoms with E-state index in [1.165, 1.54) is 4.90 Å². The Morgan fingerprint density at radius 2 is 2.09 bits per heavy atom. The van der Waals surface area contributed by atoms with Gasteiger partial charge in [0, 0.05) is 13.1 Å². The van der Waals surface area contributed by atoms with E-state index in [0.29, 0.717) is 25.9 Å². The Hall–Kier alpha value is -2.08. The molecule has 1 unspecified atom stereocenters. The zero-order valence-electron chi connectivity index (χ0n) is 13.5. The van der Waals surface area contributed by atoms with Crippen LogP contribution < -0.4 is 10.1 Å². The number of carbonyl (C=O) groups excluding carboxylic acids is 2. The van der Waals surface area contributed by atoms with Gasteiger partial charge in [-0.1, -0.05) is 12.1 Å². The van der Waals surface area contributed by atoms with E-state index in [1.807, 2.05) is 24.3 Å². The number of carbonyl (C=O) groups is 2. The summed E-state index contributed by atoms with van der Waals surface area (Å²) in [5.74, 6) is 0.268. The maximum Gasteiger partial charge on any atom is 0.251 e. The Morgan fingerprint density at radius 1 is 1.35 bits per heavy atom. The van der Waals surface area contributed by atoms with Crippen molar-refractivity contribution in [2.45, 2.75) is 31.8 Å². The second-order valence-electron chi connectivity index (χ2n) is 5.72. The van der Waals surface area contributed by atoms with E-state index in [9.17, 15) is 14.7 Å². The molecule has 6 heteroatoms. The summed E-state index contributed by atoms with van der Waals surface area (Å²) < 4.78 is 5.10. The molecule has 6 nitrogen and oxygen atoms in total. The molecule has 1 aromatic rings. The zero-order chi connectivity index (χ0) is 16.7. The normalized spacial score (nSPS) is 18.4. The van der Waals surface area contributed by atoms with Gasteiger partial charge in [0.2, 0.25) is 5.91 Å². The minimum absolute atomic E-state index is 0.0124. The fourth-order valence-electron chi connectivity index (χ4n) is 2.61. The minimum atomic E-state index is -0.968. The van der Waals surface area contributed by atoms with Gasteiger partial charge in [0.25, 0.3) is 5.91 Å². The highest BCUT2D eigenvalue weighted by Gasteiger charge is 2.26. The molecule has 1 fully saturated rings. The van der Waals surface area contributed by atoms with Crippen LogP contribution in [-0.2, 0) is 16.0 Å². The van der Waals surface area contributed by atoms with E-state index in [1.54, 1.807) is 7.11 Å². The van der Waals surface area contributed by atoms with Crippen molar-refractivity contribution in [2.24, 2.45) is 0 Å². The first kappa shape index (κ1) is 17.3. The van der Waals surface area contributed by atoms with Crippen molar-refractivity contribution in [3.63, 3.8) is 0 Å². The van der Waals surface area contributed by atoms with Gasteiger partial charge < -0.3 is 20.1 Å². The number of hydrogen-bond donors (Lipinski definition) is 2. The van der Waals surface area contributed by atoms with Crippen LogP contribution in [0.2, 0.25) is 0 Å². The SMILES string of the molecule is COc1ccc(CCNC(=O)CN2CCCCC(O)C2=O)cc1. The van der Waals surface area contributed by atoms with Crippen molar-refractivity contribution in [3.8, 4) is 5.75 Å². The topological polar surface area (TPSA) is 78.9 Å². The lowest BCUT2D eigenvalue weighted by Gasteiger charge is -2.21. The molecule has 1 aliphatic heterocycles. The van der Waals surface area contributed by atoms with E-state index in [2.05, 4.69) is 5.32 Å². The van der Waals surface area contributed by atoms with Gasteiger partial charge in [-0.3, -0.25) is 9.59 Å². The van der Waals surface area contributed by atoms with Crippen LogP contribution >= 0.6 is 0 Å². The summed E-state index contributed by atoms with van der Waals surface area (Å²) in [7, 11) is 1.62. The van der Waals surface area contributed by atoms with Crippen molar-refractivity contribution < 1.29 is 19.4 Å². The number of nitrogens with one attached hydrogen (secondary N) is 1. The quantitative estimate of drug-likeness (QED) is 0.810. The predicted octanol–water partition coefficient (Wildman–Crippen LogP) is 0.727. The molecule has 0 aliphatic carbocycles. The summed E-state index contributed by atoms with van der Waals surface area (Å²) in [5.41, 5.74) is 1.10. The maximum atomic E-state index is 12.0. The number of benzene rings is 1. The van der Waals surface area contributed by atoms with Crippen LogP contribution in [0.15, 0.2) is 24.3 Å². The molecule has 1 aliphatic rings. The summed E-state index contributed by atoms with van der Waals surface area (Å²) in [6.07, 6.45) is 1.86. The Morgan fingerprint density at radius 3 is 2.78 bits per heavy atom. The molecule has 2 rings (SSSR count). The van der Waals surface area contributed by atoms with Crippen LogP contribution in [-0.4, -0.2) is 54.7 Å². The highest BCUT2D eigenvalue weighted by molar-refractivity contribution is 5.87. The first-order chi connectivity index (χ1) is 11.1. The summed E-state index contributed by atoms with van der Waals surface area (Å²) in [6.45, 7) is 1.05. The summed E-state index contributed by atoms with van der Waals surface area (Å²) in [5, 5.41) is 12.5. The molecule has 1 atom stereocenters. The van der Waals surface area contributed by atoms with Crippen molar-refractivity contribution in [1.82, 2.24) is 10.2 Å². The molecule has 23 heavy (non-hydrogen) atoms. The van der Waals surface area contributed by atoms with Gasteiger partial charge in [0.1, 0.15) is 11.9 Å². The fraction of sp³-hybridized carbons (Fsp3) is 0.529. The van der Waals surface area contributed by atoms with Gasteiger partial charge in [-0.05, 0) is 43.4 Å². The third-order valence-corrected chi connectivity index (χ3v) is 3.98. The Labute approximate surface area is 136 Å². The molecule has 0 spiro atoms. The van der Waals surface area contributed by atoms with Crippen LogP contribution in [0.4, 0.5) is 0 Å². The van der Waals surface area contributed by atoms with E-state index < -0.39 is 6.10 Å². The Balaban J connectivity index is 1.74. The standard InChI is InChI=1S/C17H24N2O4/c1-23-14-7-5-13(6-8-14)9-10-18-16(21)12-19-11-3-2-4-15(20)17(19)22/h5-8,15,20H,2-4,9-12H2,1H3,(H,18,21). The monoisotopic (exact) mass is 320 g/mol. The smallest absolute Gasteiger partial charge is 0.251 e. The number of rotatable bonds is 6. The summed E-state index contributed by atoms with van der Waals surface area (Å²) in [4.78, 5) is 25.3. The number of methoxy groups -OCH3 is 1. The first-order valence-corrected chi connectivity index (χ1v) is 7.96. The molecule has 0 radical (unpaired) electrons. The number of nitrogens with zero attached hydrogens (tertiary/aromatic N) is 1. The number of aliphatic hydroxyl groups is 1. The minimum Gasteiger partial charge on any atom is -0.497 e. The number of amides is 2. The van der Waals surface area contributed by atoms with Crippen molar-refractivity contribution in [2.75, 3.05) is 26.7 Å². The molecular formula is C17H24N2O4. The molecule has 0 bridgehead atoms. The van der Waals surface area contributed by atoms with Gasteiger partial charge in [0.05, 0.1) is 13.7 Å². The van der Waals surface area contributed by atoms with Crippen molar-refractivity contribution in [3.05, 3.63) is 29.8 Å². The van der Waals surface area contributed by atoms with E-state index in [-0.39, 0.29) is 18.4 Å².